The molecule has 0 aliphatic rings. The number of nitriles is 1. The molecule has 1 heterocycles. The molecule has 138 valence electrons. The van der Waals surface area contributed by atoms with E-state index >= 15 is 0 Å². The van der Waals surface area contributed by atoms with Crippen molar-refractivity contribution < 1.29 is 9.47 Å². The van der Waals surface area contributed by atoms with Gasteiger partial charge in [0.15, 0.2) is 0 Å². The van der Waals surface area contributed by atoms with E-state index in [2.05, 4.69) is 21.0 Å². The normalized spacial score (nSPS) is 10.4. The lowest BCUT2D eigenvalue weighted by atomic mass is 10.2. The largest absolute Gasteiger partial charge is 0.490 e. The number of halogens is 2. The maximum Gasteiger partial charge on any atom is 0.227 e. The summed E-state index contributed by atoms with van der Waals surface area (Å²) in [5, 5.41) is 14.0. The fraction of sp³-hybridized carbons (Fsp3) is 0.200. The van der Waals surface area contributed by atoms with Gasteiger partial charge in [-0.1, -0.05) is 41.9 Å². The molecule has 0 saturated heterocycles. The first-order valence-corrected chi connectivity index (χ1v) is 9.58. The second-order valence-corrected chi connectivity index (χ2v) is 6.80. The van der Waals surface area contributed by atoms with E-state index in [0.717, 1.165) is 15.7 Å². The van der Waals surface area contributed by atoms with Crippen LogP contribution in [-0.2, 0) is 6.54 Å². The van der Waals surface area contributed by atoms with Gasteiger partial charge in [0.05, 0.1) is 29.8 Å². The molecule has 0 radical (unpaired) electrons. The maximum absolute atomic E-state index is 8.90. The number of aromatic nitrogens is 2. The van der Waals surface area contributed by atoms with Crippen LogP contribution in [0.5, 0.6) is 11.6 Å². The number of hydrogen-bond acceptors (Lipinski definition) is 4. The van der Waals surface area contributed by atoms with Crippen LogP contribution in [0.15, 0.2) is 53.0 Å². The van der Waals surface area contributed by atoms with Crippen LogP contribution in [0.3, 0.4) is 0 Å². The van der Waals surface area contributed by atoms with Crippen LogP contribution in [0.2, 0.25) is 5.02 Å². The lowest BCUT2D eigenvalue weighted by Crippen LogP contribution is -2.12. The van der Waals surface area contributed by atoms with Crippen molar-refractivity contribution in [1.29, 1.82) is 5.26 Å². The number of benzene rings is 2. The second-order valence-electron chi connectivity index (χ2n) is 5.60. The van der Waals surface area contributed by atoms with Gasteiger partial charge in [-0.3, -0.25) is 0 Å². The molecular weight excluding hydrogens is 430 g/mol. The molecule has 0 aliphatic carbocycles. The van der Waals surface area contributed by atoms with E-state index in [9.17, 15) is 0 Å². The van der Waals surface area contributed by atoms with Gasteiger partial charge in [-0.2, -0.15) is 10.4 Å². The topological polar surface area (TPSA) is 60.1 Å². The first-order chi connectivity index (χ1) is 13.1. The van der Waals surface area contributed by atoms with Crippen molar-refractivity contribution in [2.45, 2.75) is 13.5 Å². The van der Waals surface area contributed by atoms with Crippen molar-refractivity contribution in [1.82, 2.24) is 9.78 Å². The Morgan fingerprint density at radius 2 is 1.96 bits per heavy atom. The predicted molar refractivity (Wildman–Crippen MR) is 108 cm³/mol. The van der Waals surface area contributed by atoms with Crippen molar-refractivity contribution in [2.24, 2.45) is 0 Å². The minimum atomic E-state index is 0.355. The van der Waals surface area contributed by atoms with Crippen LogP contribution in [0, 0.1) is 11.3 Å². The molecule has 0 spiro atoms. The lowest BCUT2D eigenvalue weighted by molar-refractivity contribution is 0.259. The highest BCUT2D eigenvalue weighted by molar-refractivity contribution is 9.10. The van der Waals surface area contributed by atoms with Gasteiger partial charge in [0, 0.05) is 5.56 Å². The summed E-state index contributed by atoms with van der Waals surface area (Å²) < 4.78 is 14.1. The Labute approximate surface area is 171 Å². The molecule has 2 aromatic carbocycles. The Balaban J connectivity index is 1.77. The summed E-state index contributed by atoms with van der Waals surface area (Å²) in [6.07, 6.45) is 0. The zero-order chi connectivity index (χ0) is 19.2. The van der Waals surface area contributed by atoms with E-state index in [1.165, 1.54) is 0 Å². The number of rotatable bonds is 7. The Morgan fingerprint density at radius 3 is 2.63 bits per heavy atom. The van der Waals surface area contributed by atoms with Crippen LogP contribution in [0.25, 0.3) is 11.3 Å². The Hall–Kier alpha value is -2.49. The molecule has 3 rings (SSSR count). The molecule has 0 bridgehead atoms. The van der Waals surface area contributed by atoms with Crippen LogP contribution in [0.4, 0.5) is 0 Å². The average molecular weight is 447 g/mol. The smallest absolute Gasteiger partial charge is 0.227 e. The fourth-order valence-electron chi connectivity index (χ4n) is 2.56. The van der Waals surface area contributed by atoms with E-state index in [-0.39, 0.29) is 0 Å². The first kappa shape index (κ1) is 19.3. The summed E-state index contributed by atoms with van der Waals surface area (Å²) in [5.41, 5.74) is 2.31. The van der Waals surface area contributed by atoms with Crippen LogP contribution >= 0.6 is 27.5 Å². The van der Waals surface area contributed by atoms with Gasteiger partial charge in [0.2, 0.25) is 5.88 Å². The molecule has 27 heavy (non-hydrogen) atoms. The van der Waals surface area contributed by atoms with Crippen molar-refractivity contribution in [3.63, 3.8) is 0 Å². The van der Waals surface area contributed by atoms with Crippen LogP contribution in [-0.4, -0.2) is 23.0 Å². The van der Waals surface area contributed by atoms with Crippen LogP contribution < -0.4 is 9.47 Å². The summed E-state index contributed by atoms with van der Waals surface area (Å²) in [6.45, 7) is 3.30. The summed E-state index contributed by atoms with van der Waals surface area (Å²) in [5.74, 6) is 1.19. The lowest BCUT2D eigenvalue weighted by Gasteiger charge is -2.10. The molecule has 0 atom stereocenters. The SMILES string of the molecule is CCOc1c(Br)c(-c2ccccc2)nn1CCOc1ccc(C#N)cc1Cl. The molecule has 1 aromatic heterocycles. The molecule has 7 heteroatoms. The fourth-order valence-corrected chi connectivity index (χ4v) is 3.42. The molecule has 0 aliphatic heterocycles. The molecule has 0 N–H and O–H groups in total. The van der Waals surface area contributed by atoms with E-state index < -0.39 is 0 Å². The monoisotopic (exact) mass is 445 g/mol. The maximum atomic E-state index is 8.90. The first-order valence-electron chi connectivity index (χ1n) is 8.41. The van der Waals surface area contributed by atoms with Gasteiger partial charge in [-0.05, 0) is 41.1 Å². The standard InChI is InChI=1S/C20H17BrClN3O2/c1-2-26-20-18(21)19(15-6-4-3-5-7-15)24-25(20)10-11-27-17-9-8-14(13-23)12-16(17)22/h3-9,12H,2,10-11H2,1H3. The van der Waals surface area contributed by atoms with Gasteiger partial charge < -0.3 is 9.47 Å². The van der Waals surface area contributed by atoms with E-state index in [4.69, 9.17) is 26.3 Å². The van der Waals surface area contributed by atoms with Crippen molar-refractivity contribution >= 4 is 27.5 Å². The van der Waals surface area contributed by atoms with Gasteiger partial charge >= 0.3 is 0 Å². The third-order valence-electron chi connectivity index (χ3n) is 3.80. The third kappa shape index (κ3) is 4.44. The molecule has 5 nitrogen and oxygen atoms in total. The van der Waals surface area contributed by atoms with Gasteiger partial charge in [0.1, 0.15) is 22.5 Å². The minimum absolute atomic E-state index is 0.355. The predicted octanol–water partition coefficient (Wildman–Crippen LogP) is 5.32. The molecule has 0 saturated carbocycles. The Kier molecular flexibility index (Phi) is 6.38. The van der Waals surface area contributed by atoms with Gasteiger partial charge in [0.25, 0.3) is 0 Å². The second kappa shape index (κ2) is 8.94. The summed E-state index contributed by atoms with van der Waals surface area (Å²) in [6, 6.07) is 16.9. The summed E-state index contributed by atoms with van der Waals surface area (Å²) in [4.78, 5) is 0. The highest BCUT2D eigenvalue weighted by Gasteiger charge is 2.18. The highest BCUT2D eigenvalue weighted by atomic mass is 79.9. The van der Waals surface area contributed by atoms with E-state index in [1.54, 1.807) is 22.9 Å². The minimum Gasteiger partial charge on any atom is -0.490 e. The zero-order valence-electron chi connectivity index (χ0n) is 14.7. The zero-order valence-corrected chi connectivity index (χ0v) is 17.0. The van der Waals surface area contributed by atoms with E-state index in [0.29, 0.717) is 42.0 Å². The van der Waals surface area contributed by atoms with Crippen molar-refractivity contribution in [3.8, 4) is 29.0 Å². The number of hydrogen-bond donors (Lipinski definition) is 0. The molecular formula is C20H17BrClN3O2. The average Bonchev–Trinajstić information content (AvgIpc) is 3.00. The van der Waals surface area contributed by atoms with Gasteiger partial charge in [-0.25, -0.2) is 4.68 Å². The highest BCUT2D eigenvalue weighted by Crippen LogP contribution is 2.35. The molecule has 0 unspecified atom stereocenters. The molecule has 0 amide bonds. The van der Waals surface area contributed by atoms with Crippen molar-refractivity contribution in [2.75, 3.05) is 13.2 Å². The van der Waals surface area contributed by atoms with Crippen molar-refractivity contribution in [3.05, 3.63) is 63.6 Å². The molecule has 3 aromatic rings. The Bertz CT molecular complexity index is 967. The number of ether oxygens (including phenoxy) is 2. The quantitative estimate of drug-likeness (QED) is 0.493. The third-order valence-corrected chi connectivity index (χ3v) is 4.81. The molecule has 0 fully saturated rings. The van der Waals surface area contributed by atoms with E-state index in [1.807, 2.05) is 43.3 Å². The Morgan fingerprint density at radius 1 is 1.19 bits per heavy atom. The van der Waals surface area contributed by atoms with Crippen LogP contribution in [0.1, 0.15) is 12.5 Å². The summed E-state index contributed by atoms with van der Waals surface area (Å²) >= 11 is 9.75. The van der Waals surface area contributed by atoms with Gasteiger partial charge in [-0.15, -0.1) is 0 Å². The summed E-state index contributed by atoms with van der Waals surface area (Å²) in [7, 11) is 0. The number of nitrogens with zero attached hydrogens (tertiary/aromatic N) is 3.